The Morgan fingerprint density at radius 1 is 1.21 bits per heavy atom. The number of carbonyl (C=O) groups is 1. The summed E-state index contributed by atoms with van der Waals surface area (Å²) in [6, 6.07) is 5.98. The van der Waals surface area contributed by atoms with Crippen molar-refractivity contribution in [1.29, 1.82) is 0 Å². The molecule has 2 saturated carbocycles. The molecule has 0 aromatic heterocycles. The van der Waals surface area contributed by atoms with Crippen molar-refractivity contribution in [2.45, 2.75) is 45.2 Å². The van der Waals surface area contributed by atoms with Crippen LogP contribution in [0.15, 0.2) is 18.2 Å². The molecule has 4 rings (SSSR count). The lowest BCUT2D eigenvalue weighted by atomic mass is 9.84. The molecule has 130 valence electrons. The highest BCUT2D eigenvalue weighted by molar-refractivity contribution is 5.74. The van der Waals surface area contributed by atoms with Crippen molar-refractivity contribution in [3.8, 4) is 11.5 Å². The fourth-order valence-corrected chi connectivity index (χ4v) is 4.65. The van der Waals surface area contributed by atoms with Crippen LogP contribution in [0.5, 0.6) is 11.5 Å². The van der Waals surface area contributed by atoms with Crippen LogP contribution in [0.25, 0.3) is 0 Å². The zero-order valence-electron chi connectivity index (χ0n) is 14.2. The number of carbonyl (C=O) groups excluding carboxylic acids is 1. The van der Waals surface area contributed by atoms with Gasteiger partial charge in [0.05, 0.1) is 0 Å². The Bertz CT molecular complexity index is 619. The average molecular weight is 330 g/mol. The van der Waals surface area contributed by atoms with Crippen molar-refractivity contribution >= 4 is 6.03 Å². The number of nitrogens with one attached hydrogen (secondary N) is 2. The standard InChI is InChI=1S/C19H26N2O3/c1-12(16-9-13-2-4-15(16)8-13)21-19(22)20-11-14-3-5-17-18(10-14)24-7-6-23-17/h3,5,10,12-13,15-16H,2,4,6-9,11H2,1H3,(H2,20,21,22). The molecule has 1 aliphatic heterocycles. The summed E-state index contributed by atoms with van der Waals surface area (Å²) in [5, 5.41) is 6.09. The van der Waals surface area contributed by atoms with E-state index in [0.29, 0.717) is 25.7 Å². The van der Waals surface area contributed by atoms with Gasteiger partial charge < -0.3 is 20.1 Å². The van der Waals surface area contributed by atoms with Crippen LogP contribution in [0.1, 0.15) is 38.2 Å². The maximum Gasteiger partial charge on any atom is 0.315 e. The van der Waals surface area contributed by atoms with Crippen LogP contribution in [0.3, 0.4) is 0 Å². The van der Waals surface area contributed by atoms with Crippen LogP contribution < -0.4 is 20.1 Å². The first-order valence-corrected chi connectivity index (χ1v) is 9.12. The second-order valence-electron chi connectivity index (χ2n) is 7.43. The fourth-order valence-electron chi connectivity index (χ4n) is 4.65. The predicted octanol–water partition coefficient (Wildman–Crippen LogP) is 3.08. The van der Waals surface area contributed by atoms with E-state index in [1.807, 2.05) is 18.2 Å². The second kappa shape index (κ2) is 6.54. The van der Waals surface area contributed by atoms with Crippen molar-refractivity contribution in [2.24, 2.45) is 17.8 Å². The molecule has 1 aromatic carbocycles. The molecule has 3 aliphatic rings. The van der Waals surface area contributed by atoms with E-state index in [0.717, 1.165) is 28.9 Å². The molecule has 4 unspecified atom stereocenters. The van der Waals surface area contributed by atoms with Crippen molar-refractivity contribution in [1.82, 2.24) is 10.6 Å². The van der Waals surface area contributed by atoms with Crippen LogP contribution in [-0.2, 0) is 6.54 Å². The number of urea groups is 1. The van der Waals surface area contributed by atoms with Crippen molar-refractivity contribution in [3.05, 3.63) is 23.8 Å². The van der Waals surface area contributed by atoms with E-state index >= 15 is 0 Å². The third kappa shape index (κ3) is 3.17. The predicted molar refractivity (Wildman–Crippen MR) is 91.2 cm³/mol. The highest BCUT2D eigenvalue weighted by atomic mass is 16.6. The monoisotopic (exact) mass is 330 g/mol. The molecule has 1 heterocycles. The van der Waals surface area contributed by atoms with Gasteiger partial charge in [0.1, 0.15) is 13.2 Å². The Labute approximate surface area is 143 Å². The first-order valence-electron chi connectivity index (χ1n) is 9.12. The topological polar surface area (TPSA) is 59.6 Å². The van der Waals surface area contributed by atoms with Gasteiger partial charge in [0.25, 0.3) is 0 Å². The zero-order valence-corrected chi connectivity index (χ0v) is 14.2. The SMILES string of the molecule is CC(NC(=O)NCc1ccc2c(c1)OCCO2)C1CC2CCC1C2. The maximum atomic E-state index is 12.2. The molecule has 2 amide bonds. The third-order valence-electron chi connectivity index (χ3n) is 5.85. The fraction of sp³-hybridized carbons (Fsp3) is 0.632. The normalized spacial score (nSPS) is 28.5. The number of amides is 2. The Hall–Kier alpha value is -1.91. The van der Waals surface area contributed by atoms with Crippen LogP contribution in [0.4, 0.5) is 4.79 Å². The minimum atomic E-state index is -0.0832. The first kappa shape index (κ1) is 15.6. The Kier molecular flexibility index (Phi) is 4.25. The summed E-state index contributed by atoms with van der Waals surface area (Å²) in [5.74, 6) is 3.92. The average Bonchev–Trinajstić information content (AvgIpc) is 3.23. The van der Waals surface area contributed by atoms with Crippen molar-refractivity contribution in [3.63, 3.8) is 0 Å². The molecule has 2 bridgehead atoms. The van der Waals surface area contributed by atoms with Crippen LogP contribution in [0, 0.1) is 17.8 Å². The molecular formula is C19H26N2O3. The van der Waals surface area contributed by atoms with Gasteiger partial charge in [-0.2, -0.15) is 0 Å². The van der Waals surface area contributed by atoms with Crippen molar-refractivity contribution in [2.75, 3.05) is 13.2 Å². The van der Waals surface area contributed by atoms with E-state index in [1.54, 1.807) is 0 Å². The van der Waals surface area contributed by atoms with Gasteiger partial charge >= 0.3 is 6.03 Å². The molecule has 0 spiro atoms. The number of rotatable bonds is 4. The number of ether oxygens (including phenoxy) is 2. The number of benzene rings is 1. The molecule has 2 aliphatic carbocycles. The van der Waals surface area contributed by atoms with Crippen LogP contribution in [-0.4, -0.2) is 25.3 Å². The van der Waals surface area contributed by atoms with Gasteiger partial charge in [-0.1, -0.05) is 12.5 Å². The van der Waals surface area contributed by atoms with E-state index < -0.39 is 0 Å². The molecular weight excluding hydrogens is 304 g/mol. The molecule has 2 fully saturated rings. The molecule has 4 atom stereocenters. The van der Waals surface area contributed by atoms with E-state index in [4.69, 9.17) is 9.47 Å². The number of hydrogen-bond donors (Lipinski definition) is 2. The number of hydrogen-bond acceptors (Lipinski definition) is 3. The molecule has 2 N–H and O–H groups in total. The van der Waals surface area contributed by atoms with E-state index in [1.165, 1.54) is 25.7 Å². The summed E-state index contributed by atoms with van der Waals surface area (Å²) in [4.78, 5) is 12.2. The highest BCUT2D eigenvalue weighted by Crippen LogP contribution is 2.49. The van der Waals surface area contributed by atoms with Gasteiger partial charge in [-0.25, -0.2) is 4.79 Å². The summed E-state index contributed by atoms with van der Waals surface area (Å²) in [7, 11) is 0. The summed E-state index contributed by atoms with van der Waals surface area (Å²) in [5.41, 5.74) is 1.02. The second-order valence-corrected chi connectivity index (χ2v) is 7.43. The smallest absolute Gasteiger partial charge is 0.315 e. The third-order valence-corrected chi connectivity index (χ3v) is 5.85. The Balaban J connectivity index is 1.27. The minimum Gasteiger partial charge on any atom is -0.486 e. The molecule has 0 saturated heterocycles. The first-order chi connectivity index (χ1) is 11.7. The maximum absolute atomic E-state index is 12.2. The lowest BCUT2D eigenvalue weighted by Gasteiger charge is -2.28. The van der Waals surface area contributed by atoms with E-state index in [-0.39, 0.29) is 12.1 Å². The van der Waals surface area contributed by atoms with Crippen molar-refractivity contribution < 1.29 is 14.3 Å². The van der Waals surface area contributed by atoms with Gasteiger partial charge in [0, 0.05) is 12.6 Å². The van der Waals surface area contributed by atoms with Gasteiger partial charge in [0.15, 0.2) is 11.5 Å². The van der Waals surface area contributed by atoms with Crippen LogP contribution in [0.2, 0.25) is 0 Å². The lowest BCUT2D eigenvalue weighted by Crippen LogP contribution is -2.45. The van der Waals surface area contributed by atoms with Gasteiger partial charge in [0.2, 0.25) is 0 Å². The van der Waals surface area contributed by atoms with E-state index in [2.05, 4.69) is 17.6 Å². The van der Waals surface area contributed by atoms with Crippen LogP contribution >= 0.6 is 0 Å². The number of fused-ring (bicyclic) bond motifs is 3. The Morgan fingerprint density at radius 3 is 2.79 bits per heavy atom. The zero-order chi connectivity index (χ0) is 16.5. The van der Waals surface area contributed by atoms with Gasteiger partial charge in [-0.05, 0) is 61.6 Å². The van der Waals surface area contributed by atoms with Gasteiger partial charge in [-0.15, -0.1) is 0 Å². The molecule has 24 heavy (non-hydrogen) atoms. The van der Waals surface area contributed by atoms with E-state index in [9.17, 15) is 4.79 Å². The summed E-state index contributed by atoms with van der Waals surface area (Å²) in [6.45, 7) is 3.81. The highest BCUT2D eigenvalue weighted by Gasteiger charge is 2.42. The Morgan fingerprint density at radius 2 is 2.04 bits per heavy atom. The molecule has 0 radical (unpaired) electrons. The summed E-state index contributed by atoms with van der Waals surface area (Å²) in [6.07, 6.45) is 5.40. The molecule has 1 aromatic rings. The molecule has 5 heteroatoms. The quantitative estimate of drug-likeness (QED) is 0.892. The summed E-state index contributed by atoms with van der Waals surface area (Å²) >= 11 is 0. The largest absolute Gasteiger partial charge is 0.486 e. The minimum absolute atomic E-state index is 0.0832. The lowest BCUT2D eigenvalue weighted by molar-refractivity contribution is 0.171. The summed E-state index contributed by atoms with van der Waals surface area (Å²) < 4.78 is 11.1. The molecule has 5 nitrogen and oxygen atoms in total. The van der Waals surface area contributed by atoms with Gasteiger partial charge in [-0.3, -0.25) is 0 Å².